The van der Waals surface area contributed by atoms with Gasteiger partial charge >= 0.3 is 0 Å². The third kappa shape index (κ3) is 3.83. The molecular weight excluding hydrogens is 426 g/mol. The molecule has 30 heavy (non-hydrogen) atoms. The minimum Gasteiger partial charge on any atom is -0.497 e. The van der Waals surface area contributed by atoms with Gasteiger partial charge in [-0.1, -0.05) is 12.1 Å². The molecule has 1 aromatic heterocycles. The Labute approximate surface area is 177 Å². The van der Waals surface area contributed by atoms with Gasteiger partial charge in [-0.15, -0.1) is 11.3 Å². The van der Waals surface area contributed by atoms with Crippen molar-refractivity contribution in [3.8, 4) is 5.75 Å². The SMILES string of the molecule is COc1ccc(S(=O)(=O)Nc2ccccc2N2CCc3sccc3C2)c([N+](=O)[O-])c1. The maximum Gasteiger partial charge on any atom is 0.293 e. The van der Waals surface area contributed by atoms with E-state index in [-0.39, 0.29) is 5.75 Å². The van der Waals surface area contributed by atoms with Crippen LogP contribution in [0.25, 0.3) is 0 Å². The summed E-state index contributed by atoms with van der Waals surface area (Å²) in [6.07, 6.45) is 0.887. The van der Waals surface area contributed by atoms with Gasteiger partial charge in [0.1, 0.15) is 5.75 Å². The number of anilines is 2. The van der Waals surface area contributed by atoms with Crippen LogP contribution in [0.2, 0.25) is 0 Å². The van der Waals surface area contributed by atoms with Crippen LogP contribution in [0.4, 0.5) is 17.1 Å². The van der Waals surface area contributed by atoms with Crippen LogP contribution in [0.1, 0.15) is 10.4 Å². The zero-order valence-corrected chi connectivity index (χ0v) is 17.7. The fourth-order valence-electron chi connectivity index (χ4n) is 3.48. The van der Waals surface area contributed by atoms with Crippen molar-refractivity contribution in [3.63, 3.8) is 0 Å². The van der Waals surface area contributed by atoms with Crippen molar-refractivity contribution in [1.29, 1.82) is 0 Å². The van der Waals surface area contributed by atoms with Gasteiger partial charge in [0.05, 0.1) is 29.5 Å². The molecule has 0 unspecified atom stereocenters. The van der Waals surface area contributed by atoms with Gasteiger partial charge in [-0.3, -0.25) is 14.8 Å². The summed E-state index contributed by atoms with van der Waals surface area (Å²) in [4.78, 5) is 13.8. The molecule has 0 spiro atoms. The summed E-state index contributed by atoms with van der Waals surface area (Å²) in [5, 5.41) is 13.5. The molecule has 1 N–H and O–H groups in total. The molecule has 0 saturated carbocycles. The molecule has 1 aliphatic heterocycles. The normalized spacial score (nSPS) is 13.6. The number of nitro groups is 1. The lowest BCUT2D eigenvalue weighted by atomic mass is 10.1. The van der Waals surface area contributed by atoms with Crippen LogP contribution < -0.4 is 14.4 Å². The molecular formula is C20H19N3O5S2. The molecule has 3 aromatic rings. The molecule has 4 rings (SSSR count). The smallest absolute Gasteiger partial charge is 0.293 e. The first kappa shape index (κ1) is 20.2. The van der Waals surface area contributed by atoms with Gasteiger partial charge in [-0.2, -0.15) is 0 Å². The third-order valence-electron chi connectivity index (χ3n) is 4.95. The summed E-state index contributed by atoms with van der Waals surface area (Å²) in [5.74, 6) is 0.209. The number of nitrogens with one attached hydrogen (secondary N) is 1. The summed E-state index contributed by atoms with van der Waals surface area (Å²) in [6, 6.07) is 12.8. The number of fused-ring (bicyclic) bond motifs is 1. The van der Waals surface area contributed by atoms with Crippen molar-refractivity contribution in [2.45, 2.75) is 17.9 Å². The molecule has 8 nitrogen and oxygen atoms in total. The van der Waals surface area contributed by atoms with Crippen LogP contribution >= 0.6 is 11.3 Å². The molecule has 0 saturated heterocycles. The Balaban J connectivity index is 1.68. The van der Waals surface area contributed by atoms with E-state index in [4.69, 9.17) is 4.74 Å². The molecule has 0 amide bonds. The minimum absolute atomic E-state index is 0.209. The van der Waals surface area contributed by atoms with Crippen molar-refractivity contribution in [1.82, 2.24) is 0 Å². The highest BCUT2D eigenvalue weighted by Gasteiger charge is 2.28. The molecule has 0 bridgehead atoms. The second kappa shape index (κ2) is 7.96. The van der Waals surface area contributed by atoms with E-state index in [1.54, 1.807) is 23.5 Å². The quantitative estimate of drug-likeness (QED) is 0.454. The standard InChI is InChI=1S/C20H19N3O5S2/c1-28-15-6-7-20(18(12-15)23(24)25)30(26,27)21-16-4-2-3-5-17(16)22-10-8-19-14(13-22)9-11-29-19/h2-7,9,11-12,21H,8,10,13H2,1H3. The number of nitrogens with zero attached hydrogens (tertiary/aromatic N) is 2. The summed E-state index contributed by atoms with van der Waals surface area (Å²) >= 11 is 1.73. The van der Waals surface area contributed by atoms with E-state index in [9.17, 15) is 18.5 Å². The van der Waals surface area contributed by atoms with Crippen LogP contribution in [0, 0.1) is 10.1 Å². The summed E-state index contributed by atoms with van der Waals surface area (Å²) in [7, 11) is -2.84. The van der Waals surface area contributed by atoms with Gasteiger partial charge in [0.2, 0.25) is 0 Å². The Kier molecular flexibility index (Phi) is 5.35. The monoisotopic (exact) mass is 445 g/mol. The van der Waals surface area contributed by atoms with Gasteiger partial charge in [0, 0.05) is 18.0 Å². The highest BCUT2D eigenvalue weighted by molar-refractivity contribution is 7.92. The van der Waals surface area contributed by atoms with Crippen LogP contribution in [-0.4, -0.2) is 27.0 Å². The highest BCUT2D eigenvalue weighted by atomic mass is 32.2. The second-order valence-corrected chi connectivity index (χ2v) is 9.41. The number of sulfonamides is 1. The Morgan fingerprint density at radius 2 is 2.00 bits per heavy atom. The number of para-hydroxylation sites is 2. The number of nitro benzene ring substituents is 1. The zero-order valence-electron chi connectivity index (χ0n) is 16.1. The van der Waals surface area contributed by atoms with E-state index in [1.165, 1.54) is 29.7 Å². The maximum absolute atomic E-state index is 13.0. The fourth-order valence-corrected chi connectivity index (χ4v) is 5.60. The number of methoxy groups -OCH3 is 1. The van der Waals surface area contributed by atoms with E-state index in [2.05, 4.69) is 21.1 Å². The first-order valence-corrected chi connectivity index (χ1v) is 11.5. The van der Waals surface area contributed by atoms with Crippen LogP contribution in [0.5, 0.6) is 5.75 Å². The molecule has 2 heterocycles. The van der Waals surface area contributed by atoms with Gasteiger partial charge in [0.25, 0.3) is 15.7 Å². The lowest BCUT2D eigenvalue weighted by molar-refractivity contribution is -0.387. The fraction of sp³-hybridized carbons (Fsp3) is 0.200. The molecule has 0 fully saturated rings. The lowest BCUT2D eigenvalue weighted by Crippen LogP contribution is -2.30. The molecule has 0 radical (unpaired) electrons. The Hall–Kier alpha value is -3.11. The molecule has 10 heteroatoms. The predicted molar refractivity (Wildman–Crippen MR) is 116 cm³/mol. The van der Waals surface area contributed by atoms with Gasteiger partial charge in [0.15, 0.2) is 4.90 Å². The number of thiophene rings is 1. The molecule has 156 valence electrons. The van der Waals surface area contributed by atoms with E-state index >= 15 is 0 Å². The average molecular weight is 446 g/mol. The van der Waals surface area contributed by atoms with Gasteiger partial charge < -0.3 is 9.64 Å². The van der Waals surface area contributed by atoms with E-state index in [0.717, 1.165) is 24.7 Å². The van der Waals surface area contributed by atoms with Crippen molar-refractivity contribution in [2.75, 3.05) is 23.3 Å². The van der Waals surface area contributed by atoms with Crippen molar-refractivity contribution in [2.24, 2.45) is 0 Å². The molecule has 0 atom stereocenters. The maximum atomic E-state index is 13.0. The molecule has 2 aromatic carbocycles. The minimum atomic E-state index is -4.20. The van der Waals surface area contributed by atoms with Crippen molar-refractivity contribution < 1.29 is 18.1 Å². The van der Waals surface area contributed by atoms with E-state index in [0.29, 0.717) is 12.2 Å². The number of benzene rings is 2. The van der Waals surface area contributed by atoms with Crippen LogP contribution in [0.15, 0.2) is 58.8 Å². The number of rotatable bonds is 6. The second-order valence-electron chi connectivity index (χ2n) is 6.75. The largest absolute Gasteiger partial charge is 0.497 e. The van der Waals surface area contributed by atoms with E-state index < -0.39 is 25.5 Å². The summed E-state index contributed by atoms with van der Waals surface area (Å²) in [5.41, 5.74) is 1.80. The summed E-state index contributed by atoms with van der Waals surface area (Å²) in [6.45, 7) is 1.44. The van der Waals surface area contributed by atoms with Gasteiger partial charge in [-0.25, -0.2) is 8.42 Å². The first-order chi connectivity index (χ1) is 14.4. The molecule has 0 aliphatic carbocycles. The third-order valence-corrected chi connectivity index (χ3v) is 7.38. The number of hydrogen-bond acceptors (Lipinski definition) is 7. The van der Waals surface area contributed by atoms with Gasteiger partial charge in [-0.05, 0) is 47.7 Å². The Bertz CT molecular complexity index is 1210. The Morgan fingerprint density at radius 1 is 1.20 bits per heavy atom. The topological polar surface area (TPSA) is 102 Å². The van der Waals surface area contributed by atoms with Crippen LogP contribution in [0.3, 0.4) is 0 Å². The molecule has 1 aliphatic rings. The lowest BCUT2D eigenvalue weighted by Gasteiger charge is -2.30. The zero-order chi connectivity index (χ0) is 21.3. The number of hydrogen-bond donors (Lipinski definition) is 1. The first-order valence-electron chi connectivity index (χ1n) is 9.13. The predicted octanol–water partition coefficient (Wildman–Crippen LogP) is 4.03. The average Bonchev–Trinajstić information content (AvgIpc) is 3.21. The van der Waals surface area contributed by atoms with E-state index in [1.807, 2.05) is 12.1 Å². The van der Waals surface area contributed by atoms with Crippen LogP contribution in [-0.2, 0) is 23.0 Å². The number of ether oxygens (including phenoxy) is 1. The van der Waals surface area contributed by atoms with Crippen molar-refractivity contribution >= 4 is 38.4 Å². The Morgan fingerprint density at radius 3 is 2.77 bits per heavy atom. The van der Waals surface area contributed by atoms with Crippen molar-refractivity contribution in [3.05, 3.63) is 74.5 Å². The summed E-state index contributed by atoms with van der Waals surface area (Å²) < 4.78 is 33.6. The highest BCUT2D eigenvalue weighted by Crippen LogP contribution is 2.35.